The van der Waals surface area contributed by atoms with Gasteiger partial charge in [-0.2, -0.15) is 4.31 Å². The Labute approximate surface area is 210 Å². The normalized spacial score (nSPS) is 16.6. The first kappa shape index (κ1) is 22.6. The summed E-state index contributed by atoms with van der Waals surface area (Å²) in [5.74, 6) is -0.0824. The minimum Gasteiger partial charge on any atom is -0.274 e. The number of nitrogens with zero attached hydrogens (tertiary/aromatic N) is 3. The second-order valence-corrected chi connectivity index (χ2v) is 11.1. The fourth-order valence-electron chi connectivity index (χ4n) is 5.16. The molecule has 1 amide bonds. The van der Waals surface area contributed by atoms with Crippen molar-refractivity contribution < 1.29 is 13.2 Å². The first-order chi connectivity index (χ1) is 17.4. The Morgan fingerprint density at radius 2 is 1.50 bits per heavy atom. The van der Waals surface area contributed by atoms with Gasteiger partial charge in [-0.1, -0.05) is 54.1 Å². The fraction of sp³-hybridized carbons (Fsp3) is 0.172. The molecule has 0 spiro atoms. The number of anilines is 1. The van der Waals surface area contributed by atoms with Gasteiger partial charge in [0.2, 0.25) is 10.0 Å². The van der Waals surface area contributed by atoms with Crippen LogP contribution in [0.3, 0.4) is 0 Å². The molecule has 0 unspecified atom stereocenters. The predicted molar refractivity (Wildman–Crippen MR) is 141 cm³/mol. The lowest BCUT2D eigenvalue weighted by Gasteiger charge is -2.30. The molecule has 3 heterocycles. The molecule has 0 atom stereocenters. The van der Waals surface area contributed by atoms with Crippen LogP contribution in [0.25, 0.3) is 16.6 Å². The molecule has 1 aromatic heterocycles. The van der Waals surface area contributed by atoms with E-state index in [2.05, 4.69) is 4.98 Å². The van der Waals surface area contributed by atoms with Crippen LogP contribution in [-0.2, 0) is 10.0 Å². The van der Waals surface area contributed by atoms with E-state index in [4.69, 9.17) is 0 Å². The molecule has 0 N–H and O–H groups in total. The molecule has 0 aliphatic carbocycles. The van der Waals surface area contributed by atoms with Crippen molar-refractivity contribution in [3.63, 3.8) is 0 Å². The number of aromatic nitrogens is 1. The zero-order valence-electron chi connectivity index (χ0n) is 19.9. The van der Waals surface area contributed by atoms with Gasteiger partial charge in [0, 0.05) is 35.8 Å². The average molecular weight is 496 g/mol. The Kier molecular flexibility index (Phi) is 5.47. The maximum Gasteiger partial charge on any atom is 0.263 e. The Balaban J connectivity index is 1.41. The summed E-state index contributed by atoms with van der Waals surface area (Å²) in [4.78, 5) is 20.4. The van der Waals surface area contributed by atoms with E-state index in [9.17, 15) is 13.2 Å². The van der Waals surface area contributed by atoms with Crippen molar-refractivity contribution in [3.8, 4) is 0 Å². The summed E-state index contributed by atoms with van der Waals surface area (Å²) in [6.45, 7) is 2.67. The lowest BCUT2D eigenvalue weighted by molar-refractivity contribution is 0.101. The van der Waals surface area contributed by atoms with Gasteiger partial charge in [-0.05, 0) is 55.7 Å². The molecule has 2 aliphatic heterocycles. The van der Waals surface area contributed by atoms with Gasteiger partial charge in [0.25, 0.3) is 5.91 Å². The number of sulfonamides is 1. The zero-order valence-corrected chi connectivity index (χ0v) is 20.7. The number of fused-ring (bicyclic) bond motifs is 2. The second-order valence-electron chi connectivity index (χ2n) is 9.21. The highest BCUT2D eigenvalue weighted by molar-refractivity contribution is 7.89. The summed E-state index contributed by atoms with van der Waals surface area (Å²) in [6, 6.07) is 24.3. The molecular weight excluding hydrogens is 470 g/mol. The van der Waals surface area contributed by atoms with Gasteiger partial charge in [0.05, 0.1) is 21.8 Å². The largest absolute Gasteiger partial charge is 0.274 e. The molecule has 6 nitrogen and oxygen atoms in total. The molecule has 7 heteroatoms. The number of hydrogen-bond donors (Lipinski definition) is 0. The van der Waals surface area contributed by atoms with Crippen molar-refractivity contribution in [1.29, 1.82) is 0 Å². The van der Waals surface area contributed by atoms with Gasteiger partial charge in [-0.25, -0.2) is 8.42 Å². The third-order valence-corrected chi connectivity index (χ3v) is 8.92. The highest BCUT2D eigenvalue weighted by Gasteiger charge is 2.38. The second kappa shape index (κ2) is 8.69. The smallest absolute Gasteiger partial charge is 0.263 e. The number of pyridine rings is 1. The Hall–Kier alpha value is -3.81. The Morgan fingerprint density at radius 3 is 2.25 bits per heavy atom. The number of carbonyl (C=O) groups is 1. The molecule has 4 aromatic rings. The molecule has 36 heavy (non-hydrogen) atoms. The van der Waals surface area contributed by atoms with E-state index < -0.39 is 10.0 Å². The van der Waals surface area contributed by atoms with Gasteiger partial charge in [0.15, 0.2) is 0 Å². The van der Waals surface area contributed by atoms with E-state index in [-0.39, 0.29) is 5.91 Å². The summed E-state index contributed by atoms with van der Waals surface area (Å²) >= 11 is 0. The number of aryl methyl sites for hydroxylation is 1. The van der Waals surface area contributed by atoms with Crippen LogP contribution in [0.2, 0.25) is 0 Å². The van der Waals surface area contributed by atoms with Gasteiger partial charge < -0.3 is 0 Å². The number of para-hydroxylation sites is 1. The minimum absolute atomic E-state index is 0.0824. The minimum atomic E-state index is -3.57. The van der Waals surface area contributed by atoms with Crippen LogP contribution in [0.1, 0.15) is 34.3 Å². The first-order valence-electron chi connectivity index (χ1n) is 12.0. The highest BCUT2D eigenvalue weighted by atomic mass is 32.2. The van der Waals surface area contributed by atoms with E-state index in [1.165, 1.54) is 0 Å². The summed E-state index contributed by atoms with van der Waals surface area (Å²) in [5, 5.41) is 0.960. The molecule has 180 valence electrons. The van der Waals surface area contributed by atoms with Crippen LogP contribution < -0.4 is 4.90 Å². The molecule has 6 rings (SSSR count). The average Bonchev–Trinajstić information content (AvgIpc) is 3.21. The molecule has 3 aromatic carbocycles. The molecular formula is C29H25N3O3S. The number of benzene rings is 3. The molecule has 1 fully saturated rings. The van der Waals surface area contributed by atoms with Crippen molar-refractivity contribution in [2.45, 2.75) is 24.7 Å². The van der Waals surface area contributed by atoms with Gasteiger partial charge in [-0.3, -0.25) is 14.7 Å². The number of amides is 1. The van der Waals surface area contributed by atoms with Crippen molar-refractivity contribution in [2.24, 2.45) is 0 Å². The molecule has 1 saturated heterocycles. The number of hydrogen-bond acceptors (Lipinski definition) is 4. The SMILES string of the molecule is Cc1ccc(S(=O)(=O)N2CCC(=C3c4ccccc4C(=O)N3c3cccc4cccnc34)CC2)cc1. The molecule has 0 saturated carbocycles. The number of piperidine rings is 1. The Morgan fingerprint density at radius 1 is 0.806 bits per heavy atom. The molecule has 2 aliphatic rings. The maximum absolute atomic E-state index is 13.7. The van der Waals surface area contributed by atoms with Crippen LogP contribution in [0, 0.1) is 6.92 Å². The van der Waals surface area contributed by atoms with Crippen LogP contribution >= 0.6 is 0 Å². The monoisotopic (exact) mass is 495 g/mol. The summed E-state index contributed by atoms with van der Waals surface area (Å²) < 4.78 is 28.0. The van der Waals surface area contributed by atoms with E-state index in [0.29, 0.717) is 36.4 Å². The fourth-order valence-corrected chi connectivity index (χ4v) is 6.60. The predicted octanol–water partition coefficient (Wildman–Crippen LogP) is 5.40. The van der Waals surface area contributed by atoms with Crippen molar-refractivity contribution in [1.82, 2.24) is 9.29 Å². The van der Waals surface area contributed by atoms with Crippen LogP contribution in [-0.4, -0.2) is 36.7 Å². The quantitative estimate of drug-likeness (QED) is 0.382. The van der Waals surface area contributed by atoms with Crippen molar-refractivity contribution >= 4 is 38.2 Å². The molecule has 0 bridgehead atoms. The number of rotatable bonds is 3. The summed E-state index contributed by atoms with van der Waals surface area (Å²) in [7, 11) is -3.57. The van der Waals surface area contributed by atoms with Gasteiger partial charge >= 0.3 is 0 Å². The van der Waals surface area contributed by atoms with Crippen molar-refractivity contribution in [2.75, 3.05) is 18.0 Å². The maximum atomic E-state index is 13.7. The van der Waals surface area contributed by atoms with E-state index in [1.807, 2.05) is 73.7 Å². The topological polar surface area (TPSA) is 70.6 Å². The first-order valence-corrected chi connectivity index (χ1v) is 13.5. The lowest BCUT2D eigenvalue weighted by Crippen LogP contribution is -2.37. The van der Waals surface area contributed by atoms with E-state index in [0.717, 1.165) is 39.0 Å². The third-order valence-electron chi connectivity index (χ3n) is 7.01. The lowest BCUT2D eigenvalue weighted by atomic mass is 9.98. The van der Waals surface area contributed by atoms with Crippen LogP contribution in [0.4, 0.5) is 5.69 Å². The zero-order chi connectivity index (χ0) is 24.9. The molecule has 0 radical (unpaired) electrons. The van der Waals surface area contributed by atoms with Crippen LogP contribution in [0.5, 0.6) is 0 Å². The van der Waals surface area contributed by atoms with Crippen molar-refractivity contribution in [3.05, 3.63) is 107 Å². The van der Waals surface area contributed by atoms with Gasteiger partial charge in [-0.15, -0.1) is 0 Å². The summed E-state index contributed by atoms with van der Waals surface area (Å²) in [5.41, 5.74) is 6.01. The van der Waals surface area contributed by atoms with Gasteiger partial charge in [0.1, 0.15) is 0 Å². The highest BCUT2D eigenvalue weighted by Crippen LogP contribution is 2.43. The van der Waals surface area contributed by atoms with E-state index >= 15 is 0 Å². The Bertz CT molecular complexity index is 1630. The standard InChI is InChI=1S/C29H25N3O3S/c1-20-11-13-23(14-12-20)36(34,35)31-18-15-22(16-19-31)28-24-8-2-3-9-25(24)29(33)32(28)26-10-4-6-21-7-5-17-30-27(21)26/h2-14,17H,15-16,18-19H2,1H3. The summed E-state index contributed by atoms with van der Waals surface area (Å²) in [6.07, 6.45) is 2.84. The van der Waals surface area contributed by atoms with Crippen LogP contribution in [0.15, 0.2) is 95.5 Å². The van der Waals surface area contributed by atoms with E-state index in [1.54, 1.807) is 27.5 Å². The number of carbonyl (C=O) groups excluding carboxylic acids is 1. The third kappa shape index (κ3) is 3.63.